The van der Waals surface area contributed by atoms with E-state index in [1.807, 2.05) is 34.6 Å². The number of aromatic nitrogens is 3. The van der Waals surface area contributed by atoms with Gasteiger partial charge in [0.15, 0.2) is 16.1 Å². The Bertz CT molecular complexity index is 1280. The van der Waals surface area contributed by atoms with Crippen molar-refractivity contribution >= 4 is 69.2 Å². The van der Waals surface area contributed by atoms with E-state index in [2.05, 4.69) is 30.8 Å². The van der Waals surface area contributed by atoms with E-state index in [1.165, 1.54) is 11.8 Å². The van der Waals surface area contributed by atoms with Gasteiger partial charge in [0.1, 0.15) is 15.9 Å². The summed E-state index contributed by atoms with van der Waals surface area (Å²) in [5, 5.41) is 10.7. The molecule has 2 bridgehead atoms. The molecule has 5 rings (SSSR count). The van der Waals surface area contributed by atoms with Crippen molar-refractivity contribution in [3.05, 3.63) is 15.6 Å². The molecule has 0 spiro atoms. The van der Waals surface area contributed by atoms with Crippen molar-refractivity contribution in [1.82, 2.24) is 19.9 Å². The Morgan fingerprint density at radius 3 is 2.56 bits per heavy atom. The largest absolute Gasteiger partial charge is 0.465 e. The lowest BCUT2D eigenvalue weighted by Gasteiger charge is -2.47. The molecule has 39 heavy (non-hydrogen) atoms. The molecule has 2 aromatic heterocycles. The molecule has 0 unspecified atom stereocenters. The van der Waals surface area contributed by atoms with Crippen molar-refractivity contribution < 1.29 is 23.6 Å². The predicted octanol–water partition coefficient (Wildman–Crippen LogP) is 6.26. The highest BCUT2D eigenvalue weighted by Gasteiger charge is 2.52. The zero-order chi connectivity index (χ0) is 28.3. The average molecular weight is 645 g/mol. The average Bonchev–Trinajstić information content (AvgIpc) is 3.28. The van der Waals surface area contributed by atoms with Gasteiger partial charge in [-0.05, 0) is 75.0 Å². The van der Waals surface area contributed by atoms with Crippen LogP contribution in [0.1, 0.15) is 60.3 Å². The van der Waals surface area contributed by atoms with Crippen LogP contribution in [0.2, 0.25) is 11.5 Å². The number of carbonyl (C=O) groups is 1. The van der Waals surface area contributed by atoms with Crippen molar-refractivity contribution in [2.75, 3.05) is 17.2 Å². The second kappa shape index (κ2) is 10.8. The maximum Gasteiger partial charge on any atom is 0.457 e. The number of piperazine rings is 1. The first kappa shape index (κ1) is 29.1. The van der Waals surface area contributed by atoms with E-state index in [-0.39, 0.29) is 35.9 Å². The molecule has 0 aromatic carbocycles. The third kappa shape index (κ3) is 5.22. The minimum atomic E-state index is -0.909. The van der Waals surface area contributed by atoms with Crippen molar-refractivity contribution in [3.8, 4) is 0 Å². The SMILES string of the molecule is CCSc1nc(N2C[C@H]3CC[C@@H]([C@@H]2CCCB2OC(C)(C)C(C)(C)O2)N3C(=O)O)c2c(Br)nc(Cl)c(F)c2n1. The zero-order valence-electron chi connectivity index (χ0n) is 22.7. The molecular formula is C25H33BBrClFN5O4S. The summed E-state index contributed by atoms with van der Waals surface area (Å²) >= 11 is 11.0. The van der Waals surface area contributed by atoms with Gasteiger partial charge >= 0.3 is 13.2 Å². The molecule has 3 aliphatic rings. The minimum Gasteiger partial charge on any atom is -0.465 e. The number of fused-ring (bicyclic) bond motifs is 3. The molecule has 1 N–H and O–H groups in total. The van der Waals surface area contributed by atoms with Crippen molar-refractivity contribution in [1.29, 1.82) is 0 Å². The van der Waals surface area contributed by atoms with Crippen LogP contribution < -0.4 is 4.90 Å². The number of hydrogen-bond acceptors (Lipinski definition) is 8. The topological polar surface area (TPSA) is 101 Å². The van der Waals surface area contributed by atoms with Crippen molar-refractivity contribution in [2.45, 2.75) is 101 Å². The summed E-state index contributed by atoms with van der Waals surface area (Å²) in [7, 11) is -0.332. The molecule has 3 saturated heterocycles. The van der Waals surface area contributed by atoms with Crippen molar-refractivity contribution in [2.24, 2.45) is 0 Å². The van der Waals surface area contributed by atoms with Gasteiger partial charge in [-0.2, -0.15) is 0 Å². The maximum absolute atomic E-state index is 15.2. The van der Waals surface area contributed by atoms with Crippen LogP contribution in [0, 0.1) is 5.82 Å². The van der Waals surface area contributed by atoms with E-state index in [0.717, 1.165) is 19.3 Å². The van der Waals surface area contributed by atoms with E-state index in [9.17, 15) is 9.90 Å². The molecule has 212 valence electrons. The second-order valence-electron chi connectivity index (χ2n) is 11.3. The third-order valence-electron chi connectivity index (χ3n) is 8.47. The summed E-state index contributed by atoms with van der Waals surface area (Å²) in [5.41, 5.74) is -0.720. The molecule has 3 fully saturated rings. The van der Waals surface area contributed by atoms with Crippen LogP contribution >= 0.6 is 39.3 Å². The Hall–Kier alpha value is -1.41. The minimum absolute atomic E-state index is 0.104. The van der Waals surface area contributed by atoms with Crippen LogP contribution in [0.25, 0.3) is 10.9 Å². The highest BCUT2D eigenvalue weighted by atomic mass is 79.9. The first-order valence-electron chi connectivity index (χ1n) is 13.3. The Labute approximate surface area is 245 Å². The molecule has 3 aliphatic heterocycles. The van der Waals surface area contributed by atoms with Gasteiger partial charge in [-0.1, -0.05) is 36.7 Å². The molecule has 1 amide bonds. The molecule has 2 aromatic rings. The van der Waals surface area contributed by atoms with Crippen molar-refractivity contribution in [3.63, 3.8) is 0 Å². The van der Waals surface area contributed by atoms with Gasteiger partial charge in [0.25, 0.3) is 0 Å². The summed E-state index contributed by atoms with van der Waals surface area (Å²) in [6.45, 7) is 10.5. The number of anilines is 1. The highest BCUT2D eigenvalue weighted by molar-refractivity contribution is 9.10. The van der Waals surface area contributed by atoms with E-state index >= 15 is 4.39 Å². The Morgan fingerprint density at radius 1 is 1.23 bits per heavy atom. The smallest absolute Gasteiger partial charge is 0.457 e. The lowest BCUT2D eigenvalue weighted by molar-refractivity contribution is 0.00578. The number of halogens is 3. The summed E-state index contributed by atoms with van der Waals surface area (Å²) in [6, 6.07) is -0.566. The van der Waals surface area contributed by atoms with Gasteiger partial charge in [0.05, 0.1) is 34.7 Å². The second-order valence-corrected chi connectivity index (χ2v) is 13.7. The Morgan fingerprint density at radius 2 is 1.92 bits per heavy atom. The fourth-order valence-corrected chi connectivity index (χ4v) is 7.36. The summed E-state index contributed by atoms with van der Waals surface area (Å²) in [6.07, 6.45) is 2.74. The monoisotopic (exact) mass is 643 g/mol. The zero-order valence-corrected chi connectivity index (χ0v) is 25.9. The van der Waals surface area contributed by atoms with Crippen LogP contribution in [-0.4, -0.2) is 79.8 Å². The number of carboxylic acid groups (broad SMARTS) is 1. The van der Waals surface area contributed by atoms with Crippen LogP contribution in [0.4, 0.5) is 15.0 Å². The lowest BCUT2D eigenvalue weighted by atomic mass is 9.81. The van der Waals surface area contributed by atoms with Crippen LogP contribution in [0.15, 0.2) is 9.76 Å². The predicted molar refractivity (Wildman–Crippen MR) is 154 cm³/mol. The number of nitrogens with zero attached hydrogens (tertiary/aromatic N) is 5. The molecule has 0 aliphatic carbocycles. The number of hydrogen-bond donors (Lipinski definition) is 1. The van der Waals surface area contributed by atoms with Gasteiger partial charge in [-0.15, -0.1) is 0 Å². The van der Waals surface area contributed by atoms with E-state index in [1.54, 1.807) is 4.90 Å². The van der Waals surface area contributed by atoms with Gasteiger partial charge in [0.2, 0.25) is 0 Å². The standard InChI is InChI=1S/C25H33BBrClFN5O4S/c1-6-39-22-30-18-16(19(27)31-20(28)17(18)29)21(32-22)33-12-13-9-10-15(34(13)23(35)36)14(33)8-7-11-26-37-24(2,3)25(4,5)38-26/h13-15H,6-12H2,1-5H3,(H,35,36)/t13-,14+,15+/m1/s1. The van der Waals surface area contributed by atoms with E-state index in [0.29, 0.717) is 46.0 Å². The summed E-state index contributed by atoms with van der Waals surface area (Å²) in [5.74, 6) is 0.566. The van der Waals surface area contributed by atoms with E-state index < -0.39 is 23.1 Å². The fourth-order valence-electron chi connectivity index (χ4n) is 5.97. The normalized spacial score (nSPS) is 25.6. The molecule has 9 nitrogen and oxygen atoms in total. The molecule has 0 saturated carbocycles. The first-order valence-corrected chi connectivity index (χ1v) is 15.5. The molecule has 0 radical (unpaired) electrons. The number of pyridine rings is 1. The number of thioether (sulfide) groups is 1. The van der Waals surface area contributed by atoms with Gasteiger partial charge < -0.3 is 19.3 Å². The van der Waals surface area contributed by atoms with Gasteiger partial charge in [-0.25, -0.2) is 24.1 Å². The van der Waals surface area contributed by atoms with Crippen LogP contribution in [0.3, 0.4) is 0 Å². The molecule has 5 heterocycles. The molecule has 14 heteroatoms. The number of rotatable bonds is 7. The molecular weight excluding hydrogens is 612 g/mol. The Kier molecular flexibility index (Phi) is 8.04. The number of amides is 1. The first-order chi connectivity index (χ1) is 18.3. The Balaban J connectivity index is 1.51. The van der Waals surface area contributed by atoms with Gasteiger partial charge in [-0.3, -0.25) is 4.90 Å². The summed E-state index contributed by atoms with van der Waals surface area (Å²) < 4.78 is 28.0. The summed E-state index contributed by atoms with van der Waals surface area (Å²) in [4.78, 5) is 29.5. The highest BCUT2D eigenvalue weighted by Crippen LogP contribution is 2.43. The van der Waals surface area contributed by atoms with Crippen LogP contribution in [0.5, 0.6) is 0 Å². The van der Waals surface area contributed by atoms with Gasteiger partial charge in [0, 0.05) is 6.54 Å². The quantitative estimate of drug-likeness (QED) is 0.162. The van der Waals surface area contributed by atoms with E-state index in [4.69, 9.17) is 25.9 Å². The molecule has 3 atom stereocenters. The fraction of sp³-hybridized carbons (Fsp3) is 0.680. The lowest BCUT2D eigenvalue weighted by Crippen LogP contribution is -2.61. The third-order valence-corrected chi connectivity index (χ3v) is 10.0. The van der Waals surface area contributed by atoms with Crippen LogP contribution in [-0.2, 0) is 9.31 Å². The maximum atomic E-state index is 15.2.